The highest BCUT2D eigenvalue weighted by Crippen LogP contribution is 2.24. The molecule has 2 aliphatic heterocycles. The number of fused-ring (bicyclic) bond motifs is 1. The molecule has 0 N–H and O–H groups in total. The van der Waals surface area contributed by atoms with Gasteiger partial charge in [-0.25, -0.2) is 0 Å². The molecular weight excluding hydrogens is 261 g/mol. The van der Waals surface area contributed by atoms with Crippen LogP contribution in [0, 0.1) is 0 Å². The number of piperidine rings is 1. The van der Waals surface area contributed by atoms with Gasteiger partial charge in [-0.2, -0.15) is 0 Å². The number of methoxy groups -OCH3 is 1. The summed E-state index contributed by atoms with van der Waals surface area (Å²) >= 11 is 0. The van der Waals surface area contributed by atoms with Crippen LogP contribution >= 0.6 is 0 Å². The van der Waals surface area contributed by atoms with Crippen LogP contribution in [-0.4, -0.2) is 57.1 Å². The lowest BCUT2D eigenvalue weighted by Gasteiger charge is -2.44. The summed E-state index contributed by atoms with van der Waals surface area (Å²) in [4.78, 5) is 9.59. The van der Waals surface area contributed by atoms with E-state index in [-0.39, 0.29) is 6.10 Å². The minimum absolute atomic E-state index is 0.0609. The third-order valence-electron chi connectivity index (χ3n) is 4.88. The van der Waals surface area contributed by atoms with Gasteiger partial charge in [-0.05, 0) is 32.4 Å². The Morgan fingerprint density at radius 3 is 2.95 bits per heavy atom. The number of nitrogens with zero attached hydrogens (tertiary/aromatic N) is 3. The van der Waals surface area contributed by atoms with Crippen LogP contribution in [-0.2, 0) is 4.74 Å². The zero-order chi connectivity index (χ0) is 14.8. The summed E-state index contributed by atoms with van der Waals surface area (Å²) in [5.74, 6) is 0. The van der Waals surface area contributed by atoms with E-state index in [0.717, 1.165) is 36.5 Å². The number of hydrogen-bond donors (Lipinski definition) is 0. The SMILES string of the molecule is [B]c1cc(N2CCN3CCCCC3C2)cnc1C(C)OC. The molecule has 2 radical (unpaired) electrons. The van der Waals surface area contributed by atoms with Crippen LogP contribution in [0.2, 0.25) is 0 Å². The molecule has 0 spiro atoms. The van der Waals surface area contributed by atoms with Gasteiger partial charge in [-0.3, -0.25) is 9.88 Å². The summed E-state index contributed by atoms with van der Waals surface area (Å²) in [6.07, 6.45) is 5.92. The maximum Gasteiger partial charge on any atom is 0.116 e. The van der Waals surface area contributed by atoms with Crippen LogP contribution in [0.5, 0.6) is 0 Å². The summed E-state index contributed by atoms with van der Waals surface area (Å²) in [7, 11) is 7.84. The number of pyridine rings is 1. The van der Waals surface area contributed by atoms with Gasteiger partial charge in [-0.1, -0.05) is 11.9 Å². The van der Waals surface area contributed by atoms with E-state index in [0.29, 0.717) is 6.04 Å². The van der Waals surface area contributed by atoms with Crippen molar-refractivity contribution in [3.8, 4) is 0 Å². The quantitative estimate of drug-likeness (QED) is 0.782. The minimum atomic E-state index is -0.0609. The van der Waals surface area contributed by atoms with Gasteiger partial charge in [0, 0.05) is 32.8 Å². The van der Waals surface area contributed by atoms with Crippen molar-refractivity contribution < 1.29 is 4.74 Å². The second-order valence-corrected chi connectivity index (χ2v) is 6.18. The molecule has 0 bridgehead atoms. The molecule has 0 aromatic carbocycles. The van der Waals surface area contributed by atoms with Gasteiger partial charge in [-0.15, -0.1) is 0 Å². The number of piperazine rings is 1. The molecule has 0 saturated carbocycles. The maximum absolute atomic E-state index is 6.16. The van der Waals surface area contributed by atoms with Crippen molar-refractivity contribution in [3.63, 3.8) is 0 Å². The lowest BCUT2D eigenvalue weighted by molar-refractivity contribution is 0.117. The predicted octanol–water partition coefficient (Wildman–Crippen LogP) is 1.26. The van der Waals surface area contributed by atoms with Crippen LogP contribution in [0.1, 0.15) is 38.0 Å². The van der Waals surface area contributed by atoms with Gasteiger partial charge >= 0.3 is 0 Å². The zero-order valence-corrected chi connectivity index (χ0v) is 13.1. The van der Waals surface area contributed by atoms with E-state index in [1.807, 2.05) is 13.1 Å². The lowest BCUT2D eigenvalue weighted by atomic mass is 9.91. The molecule has 0 aliphatic carbocycles. The van der Waals surface area contributed by atoms with Crippen LogP contribution in [0.4, 0.5) is 5.69 Å². The number of aromatic nitrogens is 1. The summed E-state index contributed by atoms with van der Waals surface area (Å²) in [6.45, 7) is 6.56. The maximum atomic E-state index is 6.16. The van der Waals surface area contributed by atoms with Crippen LogP contribution in [0.3, 0.4) is 0 Å². The molecule has 112 valence electrons. The molecule has 21 heavy (non-hydrogen) atoms. The zero-order valence-electron chi connectivity index (χ0n) is 13.1. The van der Waals surface area contributed by atoms with Gasteiger partial charge in [0.2, 0.25) is 0 Å². The second-order valence-electron chi connectivity index (χ2n) is 6.18. The molecule has 3 rings (SSSR count). The van der Waals surface area contributed by atoms with Crippen molar-refractivity contribution >= 4 is 19.0 Å². The Labute approximate surface area is 128 Å². The van der Waals surface area contributed by atoms with Crippen molar-refractivity contribution in [2.75, 3.05) is 38.2 Å². The Bertz CT molecular complexity index is 496. The first kappa shape index (κ1) is 14.9. The molecule has 2 fully saturated rings. The normalized spacial score (nSPS) is 24.7. The first-order valence-electron chi connectivity index (χ1n) is 7.96. The minimum Gasteiger partial charge on any atom is -0.375 e. The summed E-state index contributed by atoms with van der Waals surface area (Å²) in [5.41, 5.74) is 2.70. The van der Waals surface area contributed by atoms with E-state index in [1.54, 1.807) is 7.11 Å². The molecule has 1 aromatic heterocycles. The fraction of sp³-hybridized carbons (Fsp3) is 0.688. The number of ether oxygens (including phenoxy) is 1. The fourth-order valence-corrected chi connectivity index (χ4v) is 3.50. The number of anilines is 1. The molecule has 2 saturated heterocycles. The highest BCUT2D eigenvalue weighted by molar-refractivity contribution is 6.33. The summed E-state index contributed by atoms with van der Waals surface area (Å²) < 4.78 is 5.31. The van der Waals surface area contributed by atoms with E-state index >= 15 is 0 Å². The molecular formula is C16H24BN3O. The molecule has 2 aliphatic rings. The molecule has 2 unspecified atom stereocenters. The Balaban J connectivity index is 1.73. The summed E-state index contributed by atoms with van der Waals surface area (Å²) in [5, 5.41) is 0. The molecule has 0 amide bonds. The topological polar surface area (TPSA) is 28.6 Å². The van der Waals surface area contributed by atoms with E-state index in [1.165, 1.54) is 25.8 Å². The Hall–Kier alpha value is -1.07. The third-order valence-corrected chi connectivity index (χ3v) is 4.88. The Kier molecular flexibility index (Phi) is 4.50. The highest BCUT2D eigenvalue weighted by Gasteiger charge is 2.29. The van der Waals surface area contributed by atoms with Gasteiger partial charge < -0.3 is 9.64 Å². The average Bonchev–Trinajstić information content (AvgIpc) is 2.53. The van der Waals surface area contributed by atoms with E-state index in [2.05, 4.69) is 20.9 Å². The van der Waals surface area contributed by atoms with Gasteiger partial charge in [0.25, 0.3) is 0 Å². The van der Waals surface area contributed by atoms with E-state index in [9.17, 15) is 0 Å². The first-order valence-corrected chi connectivity index (χ1v) is 7.96. The van der Waals surface area contributed by atoms with E-state index < -0.39 is 0 Å². The smallest absolute Gasteiger partial charge is 0.116 e. The largest absolute Gasteiger partial charge is 0.375 e. The standard InChI is InChI=1S/C16H24BN3O/c1-12(21-2)16-15(17)9-14(10-18-16)20-8-7-19-6-4-3-5-13(19)11-20/h9-10,12-13H,3-8,11H2,1-2H3. The Morgan fingerprint density at radius 2 is 2.19 bits per heavy atom. The number of hydrogen-bond acceptors (Lipinski definition) is 4. The monoisotopic (exact) mass is 285 g/mol. The Morgan fingerprint density at radius 1 is 1.33 bits per heavy atom. The highest BCUT2D eigenvalue weighted by atomic mass is 16.5. The molecule has 4 nitrogen and oxygen atoms in total. The van der Waals surface area contributed by atoms with Crippen molar-refractivity contribution in [1.29, 1.82) is 0 Å². The van der Waals surface area contributed by atoms with E-state index in [4.69, 9.17) is 12.6 Å². The van der Waals surface area contributed by atoms with Crippen LogP contribution in [0.25, 0.3) is 0 Å². The lowest BCUT2D eigenvalue weighted by Crippen LogP contribution is -2.55. The second kappa shape index (κ2) is 6.36. The van der Waals surface area contributed by atoms with Crippen LogP contribution in [0.15, 0.2) is 12.3 Å². The van der Waals surface area contributed by atoms with Crippen molar-refractivity contribution in [3.05, 3.63) is 18.0 Å². The van der Waals surface area contributed by atoms with Crippen molar-refractivity contribution in [1.82, 2.24) is 9.88 Å². The molecule has 2 atom stereocenters. The van der Waals surface area contributed by atoms with Crippen molar-refractivity contribution in [2.24, 2.45) is 0 Å². The average molecular weight is 285 g/mol. The third kappa shape index (κ3) is 3.09. The van der Waals surface area contributed by atoms with Gasteiger partial charge in [0.1, 0.15) is 7.85 Å². The van der Waals surface area contributed by atoms with Gasteiger partial charge in [0.05, 0.1) is 23.7 Å². The fourth-order valence-electron chi connectivity index (χ4n) is 3.50. The summed E-state index contributed by atoms with van der Waals surface area (Å²) in [6, 6.07) is 2.75. The van der Waals surface area contributed by atoms with Crippen molar-refractivity contribution in [2.45, 2.75) is 38.3 Å². The van der Waals surface area contributed by atoms with Crippen LogP contribution < -0.4 is 10.4 Å². The first-order chi connectivity index (χ1) is 10.2. The van der Waals surface area contributed by atoms with Gasteiger partial charge in [0.15, 0.2) is 0 Å². The number of rotatable bonds is 3. The molecule has 5 heteroatoms. The molecule has 1 aromatic rings. The predicted molar refractivity (Wildman–Crippen MR) is 86.5 cm³/mol. The molecule has 3 heterocycles.